The van der Waals surface area contributed by atoms with Gasteiger partial charge < -0.3 is 9.72 Å². The predicted octanol–water partition coefficient (Wildman–Crippen LogP) is 4.05. The summed E-state index contributed by atoms with van der Waals surface area (Å²) in [4.78, 5) is 7.70. The highest BCUT2D eigenvalue weighted by atomic mass is 16.5. The number of fused-ring (bicyclic) bond motifs is 3. The highest BCUT2D eigenvalue weighted by molar-refractivity contribution is 6.03. The number of benzene rings is 2. The number of aromatic amines is 1. The Morgan fingerprint density at radius 1 is 1.15 bits per heavy atom. The van der Waals surface area contributed by atoms with Gasteiger partial charge in [0.25, 0.3) is 5.95 Å². The topological polar surface area (TPSA) is 88.1 Å². The zero-order chi connectivity index (χ0) is 18.6. The summed E-state index contributed by atoms with van der Waals surface area (Å²) in [5, 5.41) is 13.6. The molecular weight excluding hydrogens is 340 g/mol. The van der Waals surface area contributed by atoms with Crippen LogP contribution >= 0.6 is 0 Å². The second kappa shape index (κ2) is 7.41. The molecule has 2 heterocycles. The Morgan fingerprint density at radius 3 is 2.81 bits per heavy atom. The fourth-order valence-electron chi connectivity index (χ4n) is 2.77. The van der Waals surface area contributed by atoms with Crippen molar-refractivity contribution in [1.29, 1.82) is 0 Å². The standard InChI is InChI=1S/C20H20N6O/c1-3-10-27-15-7-5-14(6-8-15)12-21-25-20-23-19-18(24-26-20)16-11-13(2)4-9-17(16)22-19/h4-9,11-12H,3,10H2,1-2H3,(H2,22,23,25,26)/b21-12+. The first-order valence-corrected chi connectivity index (χ1v) is 8.87. The number of ether oxygens (including phenoxy) is 1. The normalized spacial score (nSPS) is 11.5. The van der Waals surface area contributed by atoms with E-state index in [2.05, 4.69) is 43.7 Å². The fraction of sp³-hybridized carbons (Fsp3) is 0.200. The number of aryl methyl sites for hydroxylation is 1. The Balaban J connectivity index is 1.48. The molecule has 2 N–H and O–H groups in total. The van der Waals surface area contributed by atoms with Gasteiger partial charge in [-0.05, 0) is 55.3 Å². The molecule has 0 aliphatic heterocycles. The molecule has 0 spiro atoms. The maximum Gasteiger partial charge on any atom is 0.265 e. The van der Waals surface area contributed by atoms with E-state index in [1.54, 1.807) is 6.21 Å². The first kappa shape index (κ1) is 17.0. The number of nitrogens with zero attached hydrogens (tertiary/aromatic N) is 4. The van der Waals surface area contributed by atoms with Crippen molar-refractivity contribution in [2.24, 2.45) is 5.10 Å². The Hall–Kier alpha value is -3.48. The van der Waals surface area contributed by atoms with Gasteiger partial charge in [0.2, 0.25) is 0 Å². The lowest BCUT2D eigenvalue weighted by Gasteiger charge is -2.03. The van der Waals surface area contributed by atoms with Gasteiger partial charge in [-0.15, -0.1) is 10.2 Å². The summed E-state index contributed by atoms with van der Waals surface area (Å²) in [5.74, 6) is 1.19. The third-order valence-electron chi connectivity index (χ3n) is 4.10. The number of H-pyrrole nitrogens is 1. The molecule has 4 rings (SSSR count). The van der Waals surface area contributed by atoms with Crippen molar-refractivity contribution in [1.82, 2.24) is 20.2 Å². The third-order valence-corrected chi connectivity index (χ3v) is 4.10. The van der Waals surface area contributed by atoms with Crippen LogP contribution in [0.5, 0.6) is 5.75 Å². The molecular formula is C20H20N6O. The van der Waals surface area contributed by atoms with E-state index in [9.17, 15) is 0 Å². The Kier molecular flexibility index (Phi) is 4.65. The quantitative estimate of drug-likeness (QED) is 0.400. The minimum Gasteiger partial charge on any atom is -0.494 e. The number of hydrogen-bond donors (Lipinski definition) is 2. The predicted molar refractivity (Wildman–Crippen MR) is 107 cm³/mol. The van der Waals surface area contributed by atoms with Crippen LogP contribution in [0, 0.1) is 6.92 Å². The van der Waals surface area contributed by atoms with Gasteiger partial charge in [0, 0.05) is 10.9 Å². The van der Waals surface area contributed by atoms with Crippen molar-refractivity contribution < 1.29 is 4.74 Å². The Morgan fingerprint density at radius 2 is 2.00 bits per heavy atom. The van der Waals surface area contributed by atoms with Gasteiger partial charge in [0.15, 0.2) is 5.65 Å². The van der Waals surface area contributed by atoms with Crippen molar-refractivity contribution in [2.75, 3.05) is 12.0 Å². The largest absolute Gasteiger partial charge is 0.494 e. The maximum absolute atomic E-state index is 5.57. The van der Waals surface area contributed by atoms with Crippen molar-refractivity contribution in [3.8, 4) is 5.75 Å². The summed E-state index contributed by atoms with van der Waals surface area (Å²) < 4.78 is 5.57. The SMILES string of the molecule is CCCOc1ccc(/C=N/Nc2nnc3c(n2)[nH]c2ccc(C)cc23)cc1. The summed E-state index contributed by atoms with van der Waals surface area (Å²) >= 11 is 0. The summed E-state index contributed by atoms with van der Waals surface area (Å²) in [5.41, 5.74) is 7.36. The first-order chi connectivity index (χ1) is 13.2. The van der Waals surface area contributed by atoms with Crippen molar-refractivity contribution in [2.45, 2.75) is 20.3 Å². The van der Waals surface area contributed by atoms with Gasteiger partial charge >= 0.3 is 0 Å². The lowest BCUT2D eigenvalue weighted by atomic mass is 10.2. The minimum atomic E-state index is 0.338. The molecule has 7 heteroatoms. The van der Waals surface area contributed by atoms with Crippen molar-refractivity contribution in [3.63, 3.8) is 0 Å². The maximum atomic E-state index is 5.57. The monoisotopic (exact) mass is 360 g/mol. The zero-order valence-corrected chi connectivity index (χ0v) is 15.2. The lowest BCUT2D eigenvalue weighted by molar-refractivity contribution is 0.317. The fourth-order valence-corrected chi connectivity index (χ4v) is 2.77. The Labute approximate surface area is 156 Å². The molecule has 0 saturated carbocycles. The summed E-state index contributed by atoms with van der Waals surface area (Å²) in [6, 6.07) is 13.9. The minimum absolute atomic E-state index is 0.338. The molecule has 0 aliphatic carbocycles. The number of nitrogens with one attached hydrogen (secondary N) is 2. The molecule has 0 radical (unpaired) electrons. The lowest BCUT2D eigenvalue weighted by Crippen LogP contribution is -1.99. The highest BCUT2D eigenvalue weighted by Crippen LogP contribution is 2.23. The van der Waals surface area contributed by atoms with Crippen LogP contribution < -0.4 is 10.2 Å². The molecule has 0 fully saturated rings. The molecule has 2 aromatic carbocycles. The van der Waals surface area contributed by atoms with Gasteiger partial charge in [-0.25, -0.2) is 5.43 Å². The zero-order valence-electron chi connectivity index (χ0n) is 15.2. The van der Waals surface area contributed by atoms with E-state index in [4.69, 9.17) is 4.74 Å². The molecule has 0 amide bonds. The van der Waals surface area contributed by atoms with E-state index in [0.717, 1.165) is 40.8 Å². The average Bonchev–Trinajstić information content (AvgIpc) is 3.04. The molecule has 27 heavy (non-hydrogen) atoms. The van der Waals surface area contributed by atoms with E-state index in [1.807, 2.05) is 43.3 Å². The van der Waals surface area contributed by atoms with E-state index < -0.39 is 0 Å². The van der Waals surface area contributed by atoms with Crippen molar-refractivity contribution >= 4 is 34.2 Å². The summed E-state index contributed by atoms with van der Waals surface area (Å²) in [6.45, 7) is 4.85. The number of aromatic nitrogens is 4. The number of anilines is 1. The average molecular weight is 360 g/mol. The van der Waals surface area contributed by atoms with Crippen LogP contribution in [0.2, 0.25) is 0 Å². The number of hydrazone groups is 1. The van der Waals surface area contributed by atoms with Gasteiger partial charge in [-0.2, -0.15) is 10.1 Å². The number of hydrogen-bond acceptors (Lipinski definition) is 6. The van der Waals surface area contributed by atoms with E-state index in [-0.39, 0.29) is 0 Å². The van der Waals surface area contributed by atoms with Gasteiger partial charge in [0.05, 0.1) is 12.8 Å². The van der Waals surface area contributed by atoms with Crippen LogP contribution in [0.3, 0.4) is 0 Å². The van der Waals surface area contributed by atoms with Crippen molar-refractivity contribution in [3.05, 3.63) is 53.6 Å². The van der Waals surface area contributed by atoms with Crippen LogP contribution in [0.4, 0.5) is 5.95 Å². The summed E-state index contributed by atoms with van der Waals surface area (Å²) in [6.07, 6.45) is 2.69. The molecule has 136 valence electrons. The second-order valence-electron chi connectivity index (χ2n) is 6.29. The van der Waals surface area contributed by atoms with E-state index in [0.29, 0.717) is 11.6 Å². The van der Waals surface area contributed by atoms with Gasteiger partial charge in [0.1, 0.15) is 11.3 Å². The molecule has 7 nitrogen and oxygen atoms in total. The van der Waals surface area contributed by atoms with Gasteiger partial charge in [-0.1, -0.05) is 18.6 Å². The molecule has 0 saturated heterocycles. The number of rotatable bonds is 6. The van der Waals surface area contributed by atoms with Gasteiger partial charge in [-0.3, -0.25) is 0 Å². The Bertz CT molecular complexity index is 1100. The highest BCUT2D eigenvalue weighted by Gasteiger charge is 2.08. The van der Waals surface area contributed by atoms with Crippen LogP contribution in [0.25, 0.3) is 22.1 Å². The summed E-state index contributed by atoms with van der Waals surface area (Å²) in [7, 11) is 0. The molecule has 0 atom stereocenters. The molecule has 2 aromatic heterocycles. The van der Waals surface area contributed by atoms with E-state index >= 15 is 0 Å². The third kappa shape index (κ3) is 3.72. The molecule has 0 aliphatic rings. The van der Waals surface area contributed by atoms with Crippen LogP contribution in [0.15, 0.2) is 47.6 Å². The first-order valence-electron chi connectivity index (χ1n) is 8.87. The molecule has 0 unspecified atom stereocenters. The smallest absolute Gasteiger partial charge is 0.265 e. The molecule has 0 bridgehead atoms. The van der Waals surface area contributed by atoms with E-state index in [1.165, 1.54) is 5.56 Å². The van der Waals surface area contributed by atoms with Crippen LogP contribution in [-0.4, -0.2) is 33.0 Å². The van der Waals surface area contributed by atoms with Crippen LogP contribution in [-0.2, 0) is 0 Å². The van der Waals surface area contributed by atoms with Crippen LogP contribution in [0.1, 0.15) is 24.5 Å². The molecule has 4 aromatic rings. The second-order valence-corrected chi connectivity index (χ2v) is 6.29.